The summed E-state index contributed by atoms with van der Waals surface area (Å²) in [5.41, 5.74) is -0.338. The molecule has 0 bridgehead atoms. The number of anilines is 1. The Morgan fingerprint density at radius 2 is 2.21 bits per heavy atom. The topological polar surface area (TPSA) is 86.8 Å². The van der Waals surface area contributed by atoms with Gasteiger partial charge in [-0.1, -0.05) is 0 Å². The summed E-state index contributed by atoms with van der Waals surface area (Å²) in [7, 11) is 0. The Hall–Kier alpha value is -1.32. The Labute approximate surface area is 112 Å². The van der Waals surface area contributed by atoms with Crippen LogP contribution in [0, 0.1) is 10.1 Å². The second-order valence-electron chi connectivity index (χ2n) is 3.83. The lowest BCUT2D eigenvalue weighted by atomic mass is 10.3. The van der Waals surface area contributed by atoms with Gasteiger partial charge >= 0.3 is 5.69 Å². The van der Waals surface area contributed by atoms with Gasteiger partial charge in [0.2, 0.25) is 0 Å². The van der Waals surface area contributed by atoms with E-state index in [0.29, 0.717) is 4.88 Å². The zero-order valence-electron chi connectivity index (χ0n) is 10.1. The van der Waals surface area contributed by atoms with E-state index in [9.17, 15) is 24.0 Å². The minimum atomic E-state index is -2.68. The summed E-state index contributed by atoms with van der Waals surface area (Å²) in [6, 6.07) is 1.17. The number of halogens is 2. The minimum Gasteiger partial charge on any atom is -0.395 e. The van der Waals surface area contributed by atoms with Gasteiger partial charge in [0, 0.05) is 17.5 Å². The molecule has 108 valence electrons. The fourth-order valence-corrected chi connectivity index (χ4v) is 2.61. The van der Waals surface area contributed by atoms with Crippen molar-refractivity contribution in [2.24, 2.45) is 0 Å². The summed E-state index contributed by atoms with van der Waals surface area (Å²) in [4.78, 5) is 11.6. The van der Waals surface area contributed by atoms with Crippen LogP contribution < -0.4 is 4.90 Å². The maximum absolute atomic E-state index is 12.5. The molecule has 2 N–H and O–H groups in total. The van der Waals surface area contributed by atoms with E-state index in [1.807, 2.05) is 0 Å². The lowest BCUT2D eigenvalue weighted by Crippen LogP contribution is -2.31. The van der Waals surface area contributed by atoms with E-state index in [0.717, 1.165) is 16.2 Å². The molecule has 0 saturated carbocycles. The zero-order valence-corrected chi connectivity index (χ0v) is 10.9. The third kappa shape index (κ3) is 4.08. The maximum Gasteiger partial charge on any atom is 0.304 e. The van der Waals surface area contributed by atoms with Crippen LogP contribution in [-0.2, 0) is 0 Å². The van der Waals surface area contributed by atoms with Crippen molar-refractivity contribution in [1.29, 1.82) is 0 Å². The van der Waals surface area contributed by atoms with Crippen molar-refractivity contribution in [3.8, 4) is 0 Å². The van der Waals surface area contributed by atoms with Crippen molar-refractivity contribution in [3.63, 3.8) is 0 Å². The Kier molecular flexibility index (Phi) is 5.58. The van der Waals surface area contributed by atoms with E-state index in [1.165, 1.54) is 13.0 Å². The second kappa shape index (κ2) is 6.73. The molecule has 0 radical (unpaired) electrons. The van der Waals surface area contributed by atoms with Gasteiger partial charge < -0.3 is 15.1 Å². The van der Waals surface area contributed by atoms with Crippen molar-refractivity contribution >= 4 is 22.0 Å². The monoisotopic (exact) mass is 296 g/mol. The molecule has 0 saturated heterocycles. The Morgan fingerprint density at radius 3 is 2.63 bits per heavy atom. The van der Waals surface area contributed by atoms with Crippen LogP contribution in [0.15, 0.2) is 6.07 Å². The average Bonchev–Trinajstić information content (AvgIpc) is 2.72. The molecule has 0 amide bonds. The summed E-state index contributed by atoms with van der Waals surface area (Å²) in [5.74, 6) is 0. The smallest absolute Gasteiger partial charge is 0.304 e. The van der Waals surface area contributed by atoms with Crippen LogP contribution in [-0.4, -0.2) is 41.3 Å². The molecule has 1 aromatic heterocycles. The van der Waals surface area contributed by atoms with Crippen molar-refractivity contribution in [2.45, 2.75) is 19.5 Å². The second-order valence-corrected chi connectivity index (χ2v) is 4.90. The standard InChI is InChI=1S/C10H14F2N2O4S/c1-6(16)8-4-7(14(17)18)10(19-8)13(2-3-15)5-9(11)12/h4,6,9,15-16H,2-3,5H2,1H3/t6-/m0/s1. The van der Waals surface area contributed by atoms with Gasteiger partial charge in [-0.2, -0.15) is 0 Å². The summed E-state index contributed by atoms with van der Waals surface area (Å²) >= 11 is 0.876. The van der Waals surface area contributed by atoms with E-state index in [-0.39, 0.29) is 17.2 Å². The van der Waals surface area contributed by atoms with Crippen LogP contribution in [0.2, 0.25) is 0 Å². The number of thiophene rings is 1. The molecular weight excluding hydrogens is 282 g/mol. The molecule has 0 aliphatic heterocycles. The van der Waals surface area contributed by atoms with Crippen LogP contribution in [0.25, 0.3) is 0 Å². The summed E-state index contributed by atoms with van der Waals surface area (Å²) in [6.07, 6.45) is -3.59. The number of nitro groups is 1. The molecule has 9 heteroatoms. The van der Waals surface area contributed by atoms with Crippen LogP contribution >= 0.6 is 11.3 Å². The highest BCUT2D eigenvalue weighted by atomic mass is 32.1. The zero-order chi connectivity index (χ0) is 14.6. The highest BCUT2D eigenvalue weighted by molar-refractivity contribution is 7.16. The number of rotatable bonds is 7. The van der Waals surface area contributed by atoms with Gasteiger partial charge in [0.15, 0.2) is 5.00 Å². The molecule has 1 rings (SSSR count). The Bertz CT molecular complexity index is 439. The first-order valence-corrected chi connectivity index (χ1v) is 6.28. The molecule has 0 spiro atoms. The number of hydrogen-bond donors (Lipinski definition) is 2. The SMILES string of the molecule is C[C@H](O)c1cc([N+](=O)[O-])c(N(CCO)CC(F)F)s1. The molecule has 6 nitrogen and oxygen atoms in total. The average molecular weight is 296 g/mol. The highest BCUT2D eigenvalue weighted by Gasteiger charge is 2.26. The molecule has 0 aliphatic rings. The molecule has 1 aromatic rings. The largest absolute Gasteiger partial charge is 0.395 e. The first-order valence-electron chi connectivity index (χ1n) is 5.47. The summed E-state index contributed by atoms with van der Waals surface area (Å²) in [5, 5.41) is 29.2. The van der Waals surface area contributed by atoms with Gasteiger partial charge in [0.05, 0.1) is 24.2 Å². The van der Waals surface area contributed by atoms with Gasteiger partial charge in [0.25, 0.3) is 6.43 Å². The van der Waals surface area contributed by atoms with Gasteiger partial charge in [-0.15, -0.1) is 11.3 Å². The molecule has 0 fully saturated rings. The first kappa shape index (κ1) is 15.7. The van der Waals surface area contributed by atoms with Gasteiger partial charge in [0.1, 0.15) is 0 Å². The van der Waals surface area contributed by atoms with Crippen LogP contribution in [0.4, 0.5) is 19.5 Å². The minimum absolute atomic E-state index is 0.0234. The third-order valence-corrected chi connectivity index (χ3v) is 3.69. The van der Waals surface area contributed by atoms with Crippen molar-refractivity contribution < 1.29 is 23.9 Å². The molecule has 1 heterocycles. The lowest BCUT2D eigenvalue weighted by Gasteiger charge is -2.20. The number of aliphatic hydroxyl groups excluding tert-OH is 2. The van der Waals surface area contributed by atoms with Crippen molar-refractivity contribution in [2.75, 3.05) is 24.6 Å². The van der Waals surface area contributed by atoms with Gasteiger partial charge in [-0.25, -0.2) is 8.78 Å². The van der Waals surface area contributed by atoms with Crippen molar-refractivity contribution in [3.05, 3.63) is 21.1 Å². The Morgan fingerprint density at radius 1 is 1.58 bits per heavy atom. The van der Waals surface area contributed by atoms with E-state index < -0.39 is 30.6 Å². The number of hydrogen-bond acceptors (Lipinski definition) is 6. The van der Waals surface area contributed by atoms with Crippen LogP contribution in [0.1, 0.15) is 17.9 Å². The van der Waals surface area contributed by atoms with Crippen molar-refractivity contribution in [1.82, 2.24) is 0 Å². The fraction of sp³-hybridized carbons (Fsp3) is 0.600. The number of alkyl halides is 2. The highest BCUT2D eigenvalue weighted by Crippen LogP contribution is 2.40. The first-order chi connectivity index (χ1) is 8.86. The number of aliphatic hydroxyl groups is 2. The molecule has 0 unspecified atom stereocenters. The van der Waals surface area contributed by atoms with Gasteiger partial charge in [-0.05, 0) is 6.92 Å². The third-order valence-electron chi connectivity index (χ3n) is 2.34. The quantitative estimate of drug-likeness (QED) is 0.591. The van der Waals surface area contributed by atoms with Crippen LogP contribution in [0.5, 0.6) is 0 Å². The van der Waals surface area contributed by atoms with E-state index >= 15 is 0 Å². The lowest BCUT2D eigenvalue weighted by molar-refractivity contribution is -0.383. The van der Waals surface area contributed by atoms with Crippen LogP contribution in [0.3, 0.4) is 0 Å². The molecule has 19 heavy (non-hydrogen) atoms. The molecule has 1 atom stereocenters. The predicted octanol–water partition coefficient (Wildman–Crippen LogP) is 1.77. The van der Waals surface area contributed by atoms with E-state index in [1.54, 1.807) is 0 Å². The molecule has 0 aromatic carbocycles. The number of nitrogens with zero attached hydrogens (tertiary/aromatic N) is 2. The van der Waals surface area contributed by atoms with E-state index in [2.05, 4.69) is 0 Å². The molecule has 0 aliphatic carbocycles. The normalized spacial score (nSPS) is 12.7. The Balaban J connectivity index is 3.15. The fourth-order valence-electron chi connectivity index (χ4n) is 1.52. The maximum atomic E-state index is 12.5. The van der Waals surface area contributed by atoms with E-state index in [4.69, 9.17) is 5.11 Å². The summed E-state index contributed by atoms with van der Waals surface area (Å²) in [6.45, 7) is 0.195. The van der Waals surface area contributed by atoms with Gasteiger partial charge in [-0.3, -0.25) is 10.1 Å². The molecular formula is C10H14F2N2O4S. The summed E-state index contributed by atoms with van der Waals surface area (Å²) < 4.78 is 24.9. The predicted molar refractivity (Wildman–Crippen MR) is 66.9 cm³/mol.